The Morgan fingerprint density at radius 2 is 0.829 bits per heavy atom. The first kappa shape index (κ1) is 77.1. The largest absolute Gasteiger partial charge is 0.398 e. The maximum Gasteiger partial charge on any atom is 0.298 e. The van der Waals surface area contributed by atoms with Crippen molar-refractivity contribution in [1.29, 1.82) is 47.9 Å². The molecule has 0 bridgehead atoms. The van der Waals surface area contributed by atoms with Gasteiger partial charge in [0.05, 0.1) is 97.6 Å². The second-order valence-electron chi connectivity index (χ2n) is 23.6. The van der Waals surface area contributed by atoms with E-state index in [1.165, 1.54) is 0 Å². The molecule has 14 rings (SSSR count). The van der Waals surface area contributed by atoms with Crippen molar-refractivity contribution in [2.24, 2.45) is 17.2 Å². The number of allylic oxidation sites excluding steroid dienone is 1. The van der Waals surface area contributed by atoms with Crippen LogP contribution in [0, 0.1) is 98.4 Å². The van der Waals surface area contributed by atoms with E-state index in [9.17, 15) is 0 Å². The molecule has 0 aliphatic carbocycles. The van der Waals surface area contributed by atoms with Crippen LogP contribution in [0.3, 0.4) is 0 Å². The zero-order chi connectivity index (χ0) is 75.1. The van der Waals surface area contributed by atoms with Crippen LogP contribution in [-0.4, -0.2) is 74.6 Å². The van der Waals surface area contributed by atoms with Crippen LogP contribution in [0.5, 0.6) is 0 Å². The number of rotatable bonds is 11. The number of nitrogen functional groups attached to an aromatic ring is 6. The van der Waals surface area contributed by atoms with Crippen molar-refractivity contribution in [2.75, 3.05) is 23.7 Å². The first-order chi connectivity index (χ1) is 49.9. The van der Waals surface area contributed by atoms with E-state index < -0.39 is 0 Å². The molecule has 0 saturated heterocycles. The number of hydrogen-bond donors (Lipinski definition) is 16. The summed E-state index contributed by atoms with van der Waals surface area (Å²) in [6.45, 7) is 22.3. The van der Waals surface area contributed by atoms with Crippen LogP contribution in [0.2, 0.25) is 0 Å². The minimum absolute atomic E-state index is 0. The molecule has 0 aliphatic rings. The van der Waals surface area contributed by atoms with E-state index in [0.29, 0.717) is 86.7 Å². The maximum absolute atomic E-state index is 8.98. The summed E-state index contributed by atoms with van der Waals surface area (Å²) in [7, 11) is 0. The molecule has 8 aromatic carbocycles. The van der Waals surface area contributed by atoms with Crippen molar-refractivity contribution >= 4 is 124 Å². The number of aromatic amines is 6. The topological polar surface area (TPSA) is 513 Å². The van der Waals surface area contributed by atoms with Crippen LogP contribution in [0.4, 0.5) is 22.7 Å². The number of halogens is 1. The quantitative estimate of drug-likeness (QED) is 0.0143. The summed E-state index contributed by atoms with van der Waals surface area (Å²) in [6, 6.07) is 59.3. The Morgan fingerprint density at radius 1 is 0.457 bits per heavy atom. The van der Waals surface area contributed by atoms with Gasteiger partial charge in [0.2, 0.25) is 0 Å². The number of nitrogens with one attached hydrogen (secondary N) is 10. The van der Waals surface area contributed by atoms with E-state index in [-0.39, 0.29) is 37.9 Å². The Morgan fingerprint density at radius 3 is 1.19 bits per heavy atom. The number of H-pyrrole nitrogens is 6. The van der Waals surface area contributed by atoms with E-state index in [4.69, 9.17) is 95.5 Å². The van der Waals surface area contributed by atoms with Gasteiger partial charge in [-0.3, -0.25) is 16.2 Å². The highest BCUT2D eigenvalue weighted by Crippen LogP contribution is 2.26. The van der Waals surface area contributed by atoms with Crippen molar-refractivity contribution in [3.8, 4) is 30.3 Å². The lowest BCUT2D eigenvalue weighted by molar-refractivity contribution is 1.01. The number of nitrogens with zero attached hydrogens (tertiary/aromatic N) is 10. The van der Waals surface area contributed by atoms with Gasteiger partial charge >= 0.3 is 0 Å². The molecule has 0 radical (unpaired) electrons. The zero-order valence-electron chi connectivity index (χ0n) is 57.2. The Hall–Kier alpha value is -15.3. The number of fused-ring (bicyclic) bond motifs is 6. The lowest BCUT2D eigenvalue weighted by Gasteiger charge is -1.97. The summed E-state index contributed by atoms with van der Waals surface area (Å²) >= 11 is 0. The van der Waals surface area contributed by atoms with Gasteiger partial charge in [-0.05, 0) is 178 Å². The average molecular weight is 1410 g/mol. The summed E-state index contributed by atoms with van der Waals surface area (Å²) in [5.41, 5.74) is 53.7. The fourth-order valence-electron chi connectivity index (χ4n) is 10.4. The van der Waals surface area contributed by atoms with Crippen LogP contribution in [0.1, 0.15) is 101 Å². The molecule has 0 unspecified atom stereocenters. The lowest BCUT2D eigenvalue weighted by atomic mass is 10.1. The number of hydrogen-bond acceptors (Lipinski definition) is 15. The molecule has 522 valence electrons. The zero-order valence-corrected chi connectivity index (χ0v) is 58.0. The molecule has 6 aromatic heterocycles. The van der Waals surface area contributed by atoms with Gasteiger partial charge in [-0.1, -0.05) is 24.3 Å². The minimum atomic E-state index is -0.0139. The van der Waals surface area contributed by atoms with Gasteiger partial charge in [0.25, 0.3) is 6.54 Å². The molecule has 27 heteroatoms. The lowest BCUT2D eigenvalue weighted by Crippen LogP contribution is -2.10. The molecule has 0 spiro atoms. The minimum Gasteiger partial charge on any atom is -0.398 e. The molecular formula is C78H73ClN26. The number of aromatic nitrogens is 9. The molecule has 6 heterocycles. The fourth-order valence-corrected chi connectivity index (χ4v) is 10.4. The fraction of sp³-hybridized carbons (Fsp3) is 0.103. The third-order valence-corrected chi connectivity index (χ3v) is 15.3. The smallest absolute Gasteiger partial charge is 0.298 e. The van der Waals surface area contributed by atoms with Gasteiger partial charge in [0.1, 0.15) is 41.0 Å². The highest BCUT2D eigenvalue weighted by Gasteiger charge is 2.13. The van der Waals surface area contributed by atoms with E-state index in [1.54, 1.807) is 73.7 Å². The molecule has 26 nitrogen and oxygen atoms in total. The Balaban J connectivity index is 0.000000206. The van der Waals surface area contributed by atoms with Crippen LogP contribution in [0.25, 0.3) is 75.5 Å². The van der Waals surface area contributed by atoms with Crippen LogP contribution in [0.15, 0.2) is 176 Å². The van der Waals surface area contributed by atoms with Gasteiger partial charge in [0, 0.05) is 105 Å². The van der Waals surface area contributed by atoms with Crippen molar-refractivity contribution < 1.29 is 1.43 Å². The average Bonchev–Trinajstić information content (AvgIpc) is 1.67. The number of amidine groups is 3. The summed E-state index contributed by atoms with van der Waals surface area (Å²) < 4.78 is 0. The third-order valence-electron chi connectivity index (χ3n) is 15.3. The summed E-state index contributed by atoms with van der Waals surface area (Å²) in [5.74, 6) is 2.64. The van der Waals surface area contributed by atoms with E-state index >= 15 is 0 Å². The molecule has 22 N–H and O–H groups in total. The van der Waals surface area contributed by atoms with E-state index in [2.05, 4.69) is 73.3 Å². The molecule has 0 fully saturated rings. The van der Waals surface area contributed by atoms with Gasteiger partial charge in [-0.25, -0.2) is 26.4 Å². The standard InChI is InChI=1S/C18H17N7.C18H14N6.C18H11N5.C8H8N2.C7H7N3.C6H11N.C3H2N2.ClH.H2/c19-17(20)9-1-3-13-11(5-9)6-12(23-13)8-16-24-14-4-2-10(18(21)22)7-15(14)25-16;19-9-10-1-3-14-12(5-10)6-13(22-14)8-17-23-15-4-2-11(18(20)21)7-16(15)24-17;1-20-13-3-5-16-17(8-13)23-18(22-16)9-14-7-12-6-11(10-19)2-4-15(12)21-14;1-6-2-3-7(5-9)4-8(6)10;8-4-5-1-2-6(9)7(10)3-5;1-5(2)4-6(3)7;1-5-3-2-4;;/h1-7,23H,8H2,(H3,19,20)(H3,21,22)(H,24,25);1-7,22H,8H2,(H3,20,21)(H,23,24);2-8,21H,9H2,(H,22,23);2-4H,10H2,1H3;1-3H,9-10H2;7H,1,4H2,2-3H3;3H2;2*1H. The van der Waals surface area contributed by atoms with Gasteiger partial charge in [-0.15, -0.1) is 12.4 Å². The molecule has 0 atom stereocenters. The summed E-state index contributed by atoms with van der Waals surface area (Å²) in [4.78, 5) is 39.7. The van der Waals surface area contributed by atoms with Crippen molar-refractivity contribution in [1.82, 2.24) is 44.9 Å². The molecule has 0 aliphatic heterocycles. The normalized spacial score (nSPS) is 9.94. The Labute approximate surface area is 610 Å². The summed E-state index contributed by atoms with van der Waals surface area (Å²) in [5, 5.41) is 75.0. The molecule has 0 saturated carbocycles. The van der Waals surface area contributed by atoms with Crippen LogP contribution >= 0.6 is 12.4 Å². The Kier molecular flexibility index (Phi) is 26.4. The van der Waals surface area contributed by atoms with E-state index in [0.717, 1.165) is 118 Å². The highest BCUT2D eigenvalue weighted by atomic mass is 35.5. The van der Waals surface area contributed by atoms with Crippen LogP contribution < -0.4 is 34.4 Å². The van der Waals surface area contributed by atoms with E-state index in [1.807, 2.05) is 129 Å². The second kappa shape index (κ2) is 36.0. The van der Waals surface area contributed by atoms with Crippen LogP contribution in [-0.2, 0) is 19.3 Å². The predicted molar refractivity (Wildman–Crippen MR) is 420 cm³/mol. The SMILES string of the molecule is C=C(C)CC(C)=N.Cc1ccc(C#N)cc1N.Cl.N#Cc1ccc(N)c(N)c1.N#Cc1ccc2[nH]c(Cc3nc4ccc(C(=N)N)cc4[nH]3)cc2c1.N=C(N)c1ccc2[nH]c(Cc3nc4ccc(C(=N)N)cc4[nH]3)cc2c1.[C-]#[N+]CC#N.[C-]#[N+]c1ccc2nc(Cc3cc4cc(C#N)ccc4[nH]3)[nH]c2c1.[HH]. The third kappa shape index (κ3) is 21.4. The predicted octanol–water partition coefficient (Wildman–Crippen LogP) is 14.3. The number of aryl methyl sites for hydroxylation is 1. The molecule has 14 aromatic rings. The molecule has 105 heavy (non-hydrogen) atoms. The van der Waals surface area contributed by atoms with Crippen molar-refractivity contribution in [2.45, 2.75) is 46.5 Å². The van der Waals surface area contributed by atoms with Gasteiger partial charge in [-0.2, -0.15) is 26.3 Å². The number of nitriles is 5. The molecule has 0 amide bonds. The number of anilines is 3. The first-order valence-corrected chi connectivity index (χ1v) is 31.6. The highest BCUT2D eigenvalue weighted by molar-refractivity contribution is 6.00. The van der Waals surface area contributed by atoms with Gasteiger partial charge in [0.15, 0.2) is 5.69 Å². The first-order valence-electron chi connectivity index (χ1n) is 31.6. The van der Waals surface area contributed by atoms with Crippen molar-refractivity contribution in [3.63, 3.8) is 0 Å². The molecular weight excluding hydrogens is 1340 g/mol. The monoisotopic (exact) mass is 1410 g/mol. The number of benzene rings is 8. The maximum atomic E-state index is 8.98. The number of nitrogens with two attached hydrogens (primary N) is 6. The second-order valence-corrected chi connectivity index (χ2v) is 23.6. The number of imidazole rings is 3. The van der Waals surface area contributed by atoms with Gasteiger partial charge < -0.3 is 74.6 Å². The summed E-state index contributed by atoms with van der Waals surface area (Å²) in [6.07, 6.45) is 2.63. The Bertz CT molecular complexity index is 5640. The van der Waals surface area contributed by atoms with Crippen molar-refractivity contribution in [3.05, 3.63) is 278 Å².